The van der Waals surface area contributed by atoms with Crippen molar-refractivity contribution in [3.63, 3.8) is 0 Å². The highest BCUT2D eigenvalue weighted by molar-refractivity contribution is 6.32. The van der Waals surface area contributed by atoms with Crippen LogP contribution in [0.15, 0.2) is 12.3 Å². The summed E-state index contributed by atoms with van der Waals surface area (Å²) in [4.78, 5) is 28.4. The number of ether oxygens (including phenoxy) is 1. The van der Waals surface area contributed by atoms with Gasteiger partial charge in [-0.3, -0.25) is 9.59 Å². The SMILES string of the molecule is CNC(=O)[C@H](C)C(C)(C)NC(=O)c1cc(OCC2CC2)c(Cl)cn1. The molecule has 1 aromatic heterocycles. The zero-order chi connectivity index (χ0) is 17.9. The molecule has 0 bridgehead atoms. The van der Waals surface area contributed by atoms with Crippen LogP contribution < -0.4 is 15.4 Å². The van der Waals surface area contributed by atoms with Gasteiger partial charge in [0.2, 0.25) is 5.91 Å². The molecule has 1 fully saturated rings. The third-order valence-electron chi connectivity index (χ3n) is 4.38. The zero-order valence-electron chi connectivity index (χ0n) is 14.5. The number of hydrogen-bond donors (Lipinski definition) is 2. The minimum atomic E-state index is -0.729. The molecular weight excluding hydrogens is 330 g/mol. The maximum atomic E-state index is 12.5. The summed E-state index contributed by atoms with van der Waals surface area (Å²) in [5.41, 5.74) is -0.518. The van der Waals surface area contributed by atoms with Gasteiger partial charge in [0.25, 0.3) is 5.91 Å². The third-order valence-corrected chi connectivity index (χ3v) is 4.67. The van der Waals surface area contributed by atoms with Gasteiger partial charge >= 0.3 is 0 Å². The molecule has 6 nitrogen and oxygen atoms in total. The second kappa shape index (κ2) is 7.38. The predicted octanol–water partition coefficient (Wildman–Crippen LogP) is 2.41. The first-order valence-corrected chi connectivity index (χ1v) is 8.45. The molecule has 2 amide bonds. The summed E-state index contributed by atoms with van der Waals surface area (Å²) >= 11 is 6.08. The Kier molecular flexibility index (Phi) is 5.70. The number of halogens is 1. The number of nitrogens with zero attached hydrogens (tertiary/aromatic N) is 1. The average Bonchev–Trinajstić information content (AvgIpc) is 3.36. The van der Waals surface area contributed by atoms with E-state index in [0.717, 1.165) is 0 Å². The zero-order valence-corrected chi connectivity index (χ0v) is 15.2. The second-order valence-electron chi connectivity index (χ2n) is 6.77. The van der Waals surface area contributed by atoms with Gasteiger partial charge in [-0.1, -0.05) is 18.5 Å². The molecule has 1 aromatic rings. The van der Waals surface area contributed by atoms with Gasteiger partial charge in [0.05, 0.1) is 18.7 Å². The van der Waals surface area contributed by atoms with Crippen LogP contribution in [0.2, 0.25) is 5.02 Å². The number of nitrogens with one attached hydrogen (secondary N) is 2. The van der Waals surface area contributed by atoms with Crippen molar-refractivity contribution in [3.8, 4) is 5.75 Å². The molecule has 0 aromatic carbocycles. The molecule has 132 valence electrons. The summed E-state index contributed by atoms with van der Waals surface area (Å²) in [7, 11) is 1.57. The fraction of sp³-hybridized carbons (Fsp3) is 0.588. The summed E-state index contributed by atoms with van der Waals surface area (Å²) in [5.74, 6) is 0.130. The maximum absolute atomic E-state index is 12.5. The number of hydrogen-bond acceptors (Lipinski definition) is 4. The molecule has 2 N–H and O–H groups in total. The topological polar surface area (TPSA) is 80.3 Å². The van der Waals surface area contributed by atoms with Crippen molar-refractivity contribution in [3.05, 3.63) is 23.0 Å². The highest BCUT2D eigenvalue weighted by Gasteiger charge is 2.33. The number of aromatic nitrogens is 1. The van der Waals surface area contributed by atoms with E-state index in [1.54, 1.807) is 33.9 Å². The van der Waals surface area contributed by atoms with Crippen LogP contribution in [0, 0.1) is 11.8 Å². The molecule has 2 rings (SSSR count). The Morgan fingerprint density at radius 1 is 1.46 bits per heavy atom. The lowest BCUT2D eigenvalue weighted by molar-refractivity contribution is -0.125. The van der Waals surface area contributed by atoms with E-state index in [1.165, 1.54) is 19.0 Å². The van der Waals surface area contributed by atoms with E-state index in [0.29, 0.717) is 23.3 Å². The van der Waals surface area contributed by atoms with Crippen LogP contribution in [0.1, 0.15) is 44.1 Å². The van der Waals surface area contributed by atoms with Gasteiger partial charge in [0.15, 0.2) is 0 Å². The Hall–Kier alpha value is -1.82. The predicted molar refractivity (Wildman–Crippen MR) is 92.2 cm³/mol. The molecular formula is C17H24ClN3O3. The van der Waals surface area contributed by atoms with Gasteiger partial charge in [0, 0.05) is 18.7 Å². The molecule has 0 spiro atoms. The lowest BCUT2D eigenvalue weighted by Crippen LogP contribution is -2.52. The van der Waals surface area contributed by atoms with E-state index in [9.17, 15) is 9.59 Å². The first-order valence-electron chi connectivity index (χ1n) is 8.07. The molecule has 7 heteroatoms. The minimum Gasteiger partial charge on any atom is -0.492 e. The Labute approximate surface area is 147 Å². The van der Waals surface area contributed by atoms with E-state index < -0.39 is 11.5 Å². The van der Waals surface area contributed by atoms with E-state index in [-0.39, 0.29) is 17.5 Å². The van der Waals surface area contributed by atoms with Gasteiger partial charge < -0.3 is 15.4 Å². The van der Waals surface area contributed by atoms with Crippen molar-refractivity contribution in [2.45, 2.75) is 39.2 Å². The number of amides is 2. The fourth-order valence-electron chi connectivity index (χ4n) is 2.16. The molecule has 0 saturated heterocycles. The fourth-order valence-corrected chi connectivity index (χ4v) is 2.31. The molecule has 1 saturated carbocycles. The van der Waals surface area contributed by atoms with Crippen LogP contribution in [-0.4, -0.2) is 36.0 Å². The van der Waals surface area contributed by atoms with E-state index in [2.05, 4.69) is 15.6 Å². The number of carbonyl (C=O) groups is 2. The van der Waals surface area contributed by atoms with E-state index >= 15 is 0 Å². The van der Waals surface area contributed by atoms with Crippen LogP contribution >= 0.6 is 11.6 Å². The third kappa shape index (κ3) is 4.60. The van der Waals surface area contributed by atoms with Gasteiger partial charge in [-0.25, -0.2) is 4.98 Å². The highest BCUT2D eigenvalue weighted by Crippen LogP contribution is 2.31. The van der Waals surface area contributed by atoms with E-state index in [4.69, 9.17) is 16.3 Å². The summed E-state index contributed by atoms with van der Waals surface area (Å²) in [5, 5.41) is 5.82. The molecule has 1 aliphatic carbocycles. The van der Waals surface area contributed by atoms with Crippen molar-refractivity contribution in [1.29, 1.82) is 0 Å². The Balaban J connectivity index is 2.08. The molecule has 0 aliphatic heterocycles. The first-order chi connectivity index (χ1) is 11.2. The average molecular weight is 354 g/mol. The number of rotatable bonds is 7. The van der Waals surface area contributed by atoms with Crippen LogP contribution in [0.3, 0.4) is 0 Å². The highest BCUT2D eigenvalue weighted by atomic mass is 35.5. The van der Waals surface area contributed by atoms with Crippen molar-refractivity contribution in [1.82, 2.24) is 15.6 Å². The van der Waals surface area contributed by atoms with Gasteiger partial charge in [-0.15, -0.1) is 0 Å². The second-order valence-corrected chi connectivity index (χ2v) is 7.17. The van der Waals surface area contributed by atoms with E-state index in [1.807, 2.05) is 0 Å². The maximum Gasteiger partial charge on any atom is 0.270 e. The first kappa shape index (κ1) is 18.5. The quantitative estimate of drug-likeness (QED) is 0.788. The van der Waals surface area contributed by atoms with Crippen LogP contribution in [0.25, 0.3) is 0 Å². The number of carbonyl (C=O) groups excluding carboxylic acids is 2. The van der Waals surface area contributed by atoms with Crippen molar-refractivity contribution < 1.29 is 14.3 Å². The molecule has 24 heavy (non-hydrogen) atoms. The van der Waals surface area contributed by atoms with Gasteiger partial charge in [-0.2, -0.15) is 0 Å². The Morgan fingerprint density at radius 3 is 2.71 bits per heavy atom. The number of pyridine rings is 1. The Morgan fingerprint density at radius 2 is 2.12 bits per heavy atom. The molecule has 1 aliphatic rings. The normalized spacial score (nSPS) is 15.5. The summed E-state index contributed by atoms with van der Waals surface area (Å²) in [6.07, 6.45) is 3.75. The van der Waals surface area contributed by atoms with Crippen molar-refractivity contribution in [2.75, 3.05) is 13.7 Å². The smallest absolute Gasteiger partial charge is 0.270 e. The van der Waals surface area contributed by atoms with Crippen LogP contribution in [-0.2, 0) is 4.79 Å². The largest absolute Gasteiger partial charge is 0.492 e. The summed E-state index contributed by atoms with van der Waals surface area (Å²) in [6, 6.07) is 1.54. The standard InChI is InChI=1S/C17H24ClN3O3/c1-10(15(22)19-4)17(2,3)21-16(23)13-7-14(12(18)8-20-13)24-9-11-5-6-11/h7-8,10-11H,5-6,9H2,1-4H3,(H,19,22)(H,21,23)/t10-/m0/s1. The lowest BCUT2D eigenvalue weighted by Gasteiger charge is -2.31. The molecule has 1 atom stereocenters. The lowest BCUT2D eigenvalue weighted by atomic mass is 9.88. The molecule has 0 radical (unpaired) electrons. The van der Waals surface area contributed by atoms with Crippen LogP contribution in [0.5, 0.6) is 5.75 Å². The minimum absolute atomic E-state index is 0.141. The van der Waals surface area contributed by atoms with Gasteiger partial charge in [-0.05, 0) is 32.6 Å². The Bertz CT molecular complexity index is 630. The molecule has 0 unspecified atom stereocenters. The van der Waals surface area contributed by atoms with Gasteiger partial charge in [0.1, 0.15) is 16.5 Å². The summed E-state index contributed by atoms with van der Waals surface area (Å²) < 4.78 is 5.67. The molecule has 1 heterocycles. The van der Waals surface area contributed by atoms with Crippen molar-refractivity contribution >= 4 is 23.4 Å². The van der Waals surface area contributed by atoms with Crippen molar-refractivity contribution in [2.24, 2.45) is 11.8 Å². The van der Waals surface area contributed by atoms with Crippen LogP contribution in [0.4, 0.5) is 0 Å². The summed E-state index contributed by atoms with van der Waals surface area (Å²) in [6.45, 7) is 5.96. The monoisotopic (exact) mass is 353 g/mol.